The van der Waals surface area contributed by atoms with Crippen molar-refractivity contribution in [2.75, 3.05) is 43.9 Å². The first kappa shape index (κ1) is 14.5. The molecule has 0 saturated carbocycles. The maximum absolute atomic E-state index is 11.2. The molecule has 20 heavy (non-hydrogen) atoms. The number of likely N-dealkylation sites (N-methyl/N-ethyl adjacent to an activating group) is 1. The van der Waals surface area contributed by atoms with Crippen LogP contribution in [-0.4, -0.2) is 54.6 Å². The molecule has 1 aliphatic rings. The minimum atomic E-state index is -0.360. The number of nitrogens with one attached hydrogen (secondary N) is 1. The normalized spacial score (nSPS) is 18.6. The number of pyridine rings is 1. The molecule has 0 spiro atoms. The lowest BCUT2D eigenvalue weighted by molar-refractivity contribution is -0.384. The molecule has 1 aromatic rings. The molecule has 1 saturated heterocycles. The highest BCUT2D eigenvalue weighted by Gasteiger charge is 2.30. The number of hydrogen-bond acceptors (Lipinski definition) is 6. The summed E-state index contributed by atoms with van der Waals surface area (Å²) in [7, 11) is 4.07. The minimum Gasteiger partial charge on any atom is -0.370 e. The molecule has 0 amide bonds. The maximum Gasteiger partial charge on any atom is 0.311 e. The average Bonchev–Trinajstić information content (AvgIpc) is 2.88. The second-order valence-electron chi connectivity index (χ2n) is 5.18. The quantitative estimate of drug-likeness (QED) is 0.651. The van der Waals surface area contributed by atoms with Crippen LogP contribution in [0.4, 0.5) is 17.3 Å². The average molecular weight is 279 g/mol. The zero-order chi connectivity index (χ0) is 14.7. The Balaban J connectivity index is 2.28. The van der Waals surface area contributed by atoms with Gasteiger partial charge < -0.3 is 15.1 Å². The Labute approximate surface area is 118 Å². The number of anilines is 2. The third kappa shape index (κ3) is 2.98. The molecule has 1 aliphatic heterocycles. The van der Waals surface area contributed by atoms with Gasteiger partial charge in [0.05, 0.1) is 4.92 Å². The van der Waals surface area contributed by atoms with Crippen LogP contribution in [0.2, 0.25) is 0 Å². The van der Waals surface area contributed by atoms with Gasteiger partial charge >= 0.3 is 5.69 Å². The Hall–Kier alpha value is -1.89. The standard InChI is InChI=1S/C13H21N5O2/c1-4-14-12-6-5-11(18(19)20)13(15-12)17-8-7-10(9-17)16(2)3/h5-6,10H,4,7-9H2,1-3H3,(H,14,15). The Bertz CT molecular complexity index is 492. The van der Waals surface area contributed by atoms with Gasteiger partial charge in [-0.15, -0.1) is 0 Å². The SMILES string of the molecule is CCNc1ccc([N+](=O)[O-])c(N2CCC(N(C)C)C2)n1. The highest BCUT2D eigenvalue weighted by molar-refractivity contribution is 5.62. The van der Waals surface area contributed by atoms with E-state index >= 15 is 0 Å². The maximum atomic E-state index is 11.2. The van der Waals surface area contributed by atoms with Gasteiger partial charge in [0.2, 0.25) is 5.82 Å². The molecule has 2 heterocycles. The predicted octanol–water partition coefficient (Wildman–Crippen LogP) is 1.56. The number of aromatic nitrogens is 1. The number of rotatable bonds is 5. The summed E-state index contributed by atoms with van der Waals surface area (Å²) in [6, 6.07) is 3.60. The largest absolute Gasteiger partial charge is 0.370 e. The summed E-state index contributed by atoms with van der Waals surface area (Å²) in [5.74, 6) is 1.15. The Morgan fingerprint density at radius 3 is 2.85 bits per heavy atom. The van der Waals surface area contributed by atoms with E-state index in [0.29, 0.717) is 17.7 Å². The van der Waals surface area contributed by atoms with Gasteiger partial charge in [-0.05, 0) is 33.5 Å². The summed E-state index contributed by atoms with van der Waals surface area (Å²) in [4.78, 5) is 19.4. The van der Waals surface area contributed by atoms with E-state index < -0.39 is 0 Å². The van der Waals surface area contributed by atoms with Crippen molar-refractivity contribution < 1.29 is 4.92 Å². The molecule has 0 radical (unpaired) electrons. The van der Waals surface area contributed by atoms with Crippen molar-refractivity contribution in [2.24, 2.45) is 0 Å². The summed E-state index contributed by atoms with van der Waals surface area (Å²) in [5.41, 5.74) is 0.0751. The van der Waals surface area contributed by atoms with E-state index in [4.69, 9.17) is 0 Å². The molecule has 1 unspecified atom stereocenters. The Morgan fingerprint density at radius 1 is 1.55 bits per heavy atom. The van der Waals surface area contributed by atoms with E-state index in [1.807, 2.05) is 25.9 Å². The first-order chi connectivity index (χ1) is 9.52. The minimum absolute atomic E-state index is 0.0751. The lowest BCUT2D eigenvalue weighted by Crippen LogP contribution is -2.32. The van der Waals surface area contributed by atoms with Crippen molar-refractivity contribution >= 4 is 17.3 Å². The topological polar surface area (TPSA) is 74.5 Å². The Kier molecular flexibility index (Phi) is 4.39. The first-order valence-electron chi connectivity index (χ1n) is 6.83. The van der Waals surface area contributed by atoms with Crippen LogP contribution in [0.5, 0.6) is 0 Å². The van der Waals surface area contributed by atoms with Crippen LogP contribution in [0.25, 0.3) is 0 Å². The second kappa shape index (κ2) is 6.04. The monoisotopic (exact) mass is 279 g/mol. The van der Waals surface area contributed by atoms with Crippen LogP contribution in [0.15, 0.2) is 12.1 Å². The number of nitrogens with zero attached hydrogens (tertiary/aromatic N) is 4. The predicted molar refractivity (Wildman–Crippen MR) is 79.4 cm³/mol. The molecule has 0 aliphatic carbocycles. The fourth-order valence-corrected chi connectivity index (χ4v) is 2.45. The van der Waals surface area contributed by atoms with E-state index in [9.17, 15) is 10.1 Å². The van der Waals surface area contributed by atoms with Crippen LogP contribution in [0.1, 0.15) is 13.3 Å². The van der Waals surface area contributed by atoms with Crippen molar-refractivity contribution in [3.63, 3.8) is 0 Å². The first-order valence-corrected chi connectivity index (χ1v) is 6.83. The van der Waals surface area contributed by atoms with Gasteiger partial charge in [-0.25, -0.2) is 4.98 Å². The molecule has 1 fully saturated rings. The third-order valence-corrected chi connectivity index (χ3v) is 3.60. The summed E-state index contributed by atoms with van der Waals surface area (Å²) in [6.45, 7) is 4.29. The fraction of sp³-hybridized carbons (Fsp3) is 0.615. The van der Waals surface area contributed by atoms with Gasteiger partial charge in [0, 0.05) is 31.7 Å². The highest BCUT2D eigenvalue weighted by Crippen LogP contribution is 2.30. The Morgan fingerprint density at radius 2 is 2.30 bits per heavy atom. The van der Waals surface area contributed by atoms with Crippen molar-refractivity contribution in [2.45, 2.75) is 19.4 Å². The molecule has 1 N–H and O–H groups in total. The third-order valence-electron chi connectivity index (χ3n) is 3.60. The molecule has 7 heteroatoms. The molecule has 0 bridgehead atoms. The van der Waals surface area contributed by atoms with Crippen molar-refractivity contribution in [3.8, 4) is 0 Å². The molecule has 1 aromatic heterocycles. The molecule has 0 aromatic carbocycles. The van der Waals surface area contributed by atoms with Crippen molar-refractivity contribution in [1.29, 1.82) is 0 Å². The fourth-order valence-electron chi connectivity index (χ4n) is 2.45. The van der Waals surface area contributed by atoms with E-state index in [0.717, 1.165) is 26.1 Å². The van der Waals surface area contributed by atoms with Crippen molar-refractivity contribution in [1.82, 2.24) is 9.88 Å². The van der Waals surface area contributed by atoms with Crippen LogP contribution in [0.3, 0.4) is 0 Å². The number of nitro groups is 1. The van der Waals surface area contributed by atoms with Gasteiger partial charge in [0.15, 0.2) is 0 Å². The second-order valence-corrected chi connectivity index (χ2v) is 5.18. The summed E-state index contributed by atoms with van der Waals surface area (Å²) >= 11 is 0. The highest BCUT2D eigenvalue weighted by atomic mass is 16.6. The molecular weight excluding hydrogens is 258 g/mol. The van der Waals surface area contributed by atoms with Gasteiger partial charge in [0.1, 0.15) is 5.82 Å². The van der Waals surface area contributed by atoms with E-state index in [2.05, 4.69) is 15.2 Å². The van der Waals surface area contributed by atoms with Crippen LogP contribution < -0.4 is 10.2 Å². The van der Waals surface area contributed by atoms with E-state index in [-0.39, 0.29) is 10.6 Å². The molecular formula is C13H21N5O2. The van der Waals surface area contributed by atoms with E-state index in [1.54, 1.807) is 6.07 Å². The van der Waals surface area contributed by atoms with Crippen LogP contribution in [-0.2, 0) is 0 Å². The number of hydrogen-bond donors (Lipinski definition) is 1. The molecule has 110 valence electrons. The lowest BCUT2D eigenvalue weighted by Gasteiger charge is -2.21. The van der Waals surface area contributed by atoms with Crippen LogP contribution >= 0.6 is 0 Å². The summed E-state index contributed by atoms with van der Waals surface area (Å²) in [5, 5.41) is 14.3. The van der Waals surface area contributed by atoms with Crippen molar-refractivity contribution in [3.05, 3.63) is 22.2 Å². The molecule has 1 atom stereocenters. The molecule has 2 rings (SSSR count). The zero-order valence-electron chi connectivity index (χ0n) is 12.2. The summed E-state index contributed by atoms with van der Waals surface area (Å²) < 4.78 is 0. The summed E-state index contributed by atoms with van der Waals surface area (Å²) in [6.07, 6.45) is 0.997. The van der Waals surface area contributed by atoms with E-state index in [1.165, 1.54) is 6.07 Å². The van der Waals surface area contributed by atoms with Gasteiger partial charge in [-0.1, -0.05) is 0 Å². The van der Waals surface area contributed by atoms with Gasteiger partial charge in [-0.2, -0.15) is 0 Å². The van der Waals surface area contributed by atoms with Gasteiger partial charge in [0.25, 0.3) is 0 Å². The lowest BCUT2D eigenvalue weighted by atomic mass is 10.2. The van der Waals surface area contributed by atoms with Gasteiger partial charge in [-0.3, -0.25) is 10.1 Å². The molecule has 7 nitrogen and oxygen atoms in total. The zero-order valence-corrected chi connectivity index (χ0v) is 12.2. The smallest absolute Gasteiger partial charge is 0.311 e. The van der Waals surface area contributed by atoms with Crippen LogP contribution in [0, 0.1) is 10.1 Å².